The molecule has 2 atom stereocenters. The molecule has 0 aromatic carbocycles. The quantitative estimate of drug-likeness (QED) is 0.356. The van der Waals surface area contributed by atoms with E-state index in [-0.39, 0.29) is 23.5 Å². The number of pyridine rings is 2. The molecule has 1 fully saturated rings. The van der Waals surface area contributed by atoms with Crippen LogP contribution in [-0.2, 0) is 19.7 Å². The van der Waals surface area contributed by atoms with Crippen LogP contribution in [0.15, 0.2) is 36.7 Å². The van der Waals surface area contributed by atoms with Gasteiger partial charge in [-0.15, -0.1) is 0 Å². The molecule has 5 rings (SSSR count). The van der Waals surface area contributed by atoms with E-state index in [1.165, 1.54) is 18.3 Å². The van der Waals surface area contributed by atoms with Crippen molar-refractivity contribution >= 4 is 44.4 Å². The van der Waals surface area contributed by atoms with Crippen molar-refractivity contribution in [3.8, 4) is 11.5 Å². The molecule has 194 valence electrons. The van der Waals surface area contributed by atoms with Crippen LogP contribution >= 0.6 is 11.3 Å². The first-order valence-electron chi connectivity index (χ1n) is 11.9. The molecular formula is C25H29N7O4S. The van der Waals surface area contributed by atoms with E-state index in [1.807, 2.05) is 10.7 Å². The molecule has 1 amide bonds. The molecule has 1 saturated heterocycles. The van der Waals surface area contributed by atoms with Crippen LogP contribution in [0, 0.1) is 0 Å². The third kappa shape index (κ3) is 5.55. The van der Waals surface area contributed by atoms with Crippen molar-refractivity contribution in [1.82, 2.24) is 24.7 Å². The molecule has 2 N–H and O–H groups in total. The molecule has 1 aliphatic heterocycles. The third-order valence-corrected chi connectivity index (χ3v) is 6.76. The Balaban J connectivity index is 1.37. The minimum Gasteiger partial charge on any atom is -0.455 e. The van der Waals surface area contributed by atoms with Gasteiger partial charge in [-0.3, -0.25) is 9.48 Å². The summed E-state index contributed by atoms with van der Waals surface area (Å²) in [4.78, 5) is 24.5. The van der Waals surface area contributed by atoms with Gasteiger partial charge in [0.2, 0.25) is 5.91 Å². The summed E-state index contributed by atoms with van der Waals surface area (Å²) in [5.41, 5.74) is 1.56. The van der Waals surface area contributed by atoms with Gasteiger partial charge in [-0.25, -0.2) is 9.97 Å². The Labute approximate surface area is 218 Å². The SMILES string of the molecule is CO[C@H]1COC[C@@H]1n1nc(Nc2nc3ncc(Oc4ccnc(NC(C)=O)c4)cc3s2)cc1C(C)(C)C. The fourth-order valence-corrected chi connectivity index (χ4v) is 4.99. The van der Waals surface area contributed by atoms with Gasteiger partial charge in [-0.1, -0.05) is 32.1 Å². The number of aromatic nitrogens is 5. The molecule has 0 aliphatic carbocycles. The summed E-state index contributed by atoms with van der Waals surface area (Å²) in [5, 5.41) is 11.5. The van der Waals surface area contributed by atoms with Gasteiger partial charge in [-0.2, -0.15) is 10.1 Å². The van der Waals surface area contributed by atoms with Gasteiger partial charge in [0.1, 0.15) is 29.5 Å². The summed E-state index contributed by atoms with van der Waals surface area (Å²) in [6.45, 7) is 9.01. The number of nitrogens with one attached hydrogen (secondary N) is 2. The van der Waals surface area contributed by atoms with Gasteiger partial charge in [-0.05, 0) is 6.07 Å². The van der Waals surface area contributed by atoms with E-state index in [4.69, 9.17) is 19.3 Å². The molecule has 4 aromatic heterocycles. The van der Waals surface area contributed by atoms with E-state index < -0.39 is 0 Å². The predicted molar refractivity (Wildman–Crippen MR) is 141 cm³/mol. The molecule has 37 heavy (non-hydrogen) atoms. The summed E-state index contributed by atoms with van der Waals surface area (Å²) >= 11 is 1.46. The molecular weight excluding hydrogens is 494 g/mol. The standard InChI is InChI=1S/C25H29N7O4S/c1-14(33)28-21-9-15(6-7-26-21)36-16-8-19-23(27-11-16)30-24(37-19)29-22-10-20(25(2,3)4)32(31-22)17-12-35-13-18(17)34-5/h6-11,17-18H,12-13H2,1-5H3,(H,26,28,33)(H,27,29,30,31)/t17-,18-/m0/s1. The van der Waals surface area contributed by atoms with Gasteiger partial charge in [0.15, 0.2) is 16.6 Å². The maximum Gasteiger partial charge on any atom is 0.222 e. The van der Waals surface area contributed by atoms with E-state index in [9.17, 15) is 4.79 Å². The molecule has 12 heteroatoms. The smallest absolute Gasteiger partial charge is 0.222 e. The monoisotopic (exact) mass is 523 g/mol. The maximum absolute atomic E-state index is 11.3. The highest BCUT2D eigenvalue weighted by molar-refractivity contribution is 7.22. The van der Waals surface area contributed by atoms with Crippen LogP contribution in [0.3, 0.4) is 0 Å². The predicted octanol–water partition coefficient (Wildman–Crippen LogP) is 4.66. The second-order valence-corrected chi connectivity index (χ2v) is 10.8. The van der Waals surface area contributed by atoms with Crippen LogP contribution in [0.25, 0.3) is 10.3 Å². The molecule has 0 unspecified atom stereocenters. The zero-order valence-electron chi connectivity index (χ0n) is 21.3. The third-order valence-electron chi connectivity index (χ3n) is 5.85. The first kappa shape index (κ1) is 25.1. The molecule has 11 nitrogen and oxygen atoms in total. The zero-order chi connectivity index (χ0) is 26.2. The van der Waals surface area contributed by atoms with Crippen molar-refractivity contribution in [2.75, 3.05) is 31.0 Å². The normalized spacial score (nSPS) is 17.8. The number of carbonyl (C=O) groups is 1. The summed E-state index contributed by atoms with van der Waals surface area (Å²) in [6.07, 6.45) is 3.13. The summed E-state index contributed by atoms with van der Waals surface area (Å²) < 4.78 is 20.1. The number of rotatable bonds is 7. The Bertz CT molecular complexity index is 1430. The Hall–Kier alpha value is -3.61. The molecule has 5 heterocycles. The van der Waals surface area contributed by atoms with Crippen LogP contribution in [0.1, 0.15) is 39.4 Å². The summed E-state index contributed by atoms with van der Waals surface area (Å²) in [6, 6.07) is 7.29. The Morgan fingerprint density at radius 3 is 2.76 bits per heavy atom. The Morgan fingerprint density at radius 2 is 2.00 bits per heavy atom. The fourth-order valence-electron chi connectivity index (χ4n) is 4.12. The van der Waals surface area contributed by atoms with E-state index in [0.717, 1.165) is 10.4 Å². The van der Waals surface area contributed by atoms with E-state index in [0.29, 0.717) is 47.1 Å². The number of thiazole rings is 1. The van der Waals surface area contributed by atoms with Crippen molar-refractivity contribution in [2.24, 2.45) is 0 Å². The molecule has 0 bridgehead atoms. The van der Waals surface area contributed by atoms with Crippen LogP contribution in [0.5, 0.6) is 11.5 Å². The Morgan fingerprint density at radius 1 is 1.16 bits per heavy atom. The second kappa shape index (κ2) is 10.0. The number of carbonyl (C=O) groups excluding carboxylic acids is 1. The Kier molecular flexibility index (Phi) is 6.80. The highest BCUT2D eigenvalue weighted by Crippen LogP contribution is 2.35. The molecule has 0 radical (unpaired) electrons. The van der Waals surface area contributed by atoms with Gasteiger partial charge in [0, 0.05) is 49.5 Å². The summed E-state index contributed by atoms with van der Waals surface area (Å²) in [7, 11) is 1.70. The van der Waals surface area contributed by atoms with Crippen molar-refractivity contribution in [3.05, 3.63) is 42.4 Å². The minimum absolute atomic E-state index is 0.00543. The number of hydrogen-bond donors (Lipinski definition) is 2. The first-order chi connectivity index (χ1) is 17.7. The largest absolute Gasteiger partial charge is 0.455 e. The number of amides is 1. The highest BCUT2D eigenvalue weighted by Gasteiger charge is 2.34. The van der Waals surface area contributed by atoms with Gasteiger partial charge in [0.05, 0.1) is 24.1 Å². The van der Waals surface area contributed by atoms with Gasteiger partial charge in [0.25, 0.3) is 0 Å². The lowest BCUT2D eigenvalue weighted by molar-refractivity contribution is -0.114. The van der Waals surface area contributed by atoms with E-state index in [1.54, 1.807) is 31.6 Å². The van der Waals surface area contributed by atoms with Crippen LogP contribution in [-0.4, -0.2) is 57.1 Å². The number of fused-ring (bicyclic) bond motifs is 1. The molecule has 4 aromatic rings. The van der Waals surface area contributed by atoms with Crippen molar-refractivity contribution in [1.29, 1.82) is 0 Å². The average molecular weight is 524 g/mol. The zero-order valence-corrected chi connectivity index (χ0v) is 22.1. The number of methoxy groups -OCH3 is 1. The molecule has 0 saturated carbocycles. The lowest BCUT2D eigenvalue weighted by Gasteiger charge is -2.25. The van der Waals surface area contributed by atoms with E-state index in [2.05, 4.69) is 52.4 Å². The van der Waals surface area contributed by atoms with Gasteiger partial charge < -0.3 is 24.8 Å². The molecule has 0 spiro atoms. The van der Waals surface area contributed by atoms with Crippen molar-refractivity contribution in [3.63, 3.8) is 0 Å². The van der Waals surface area contributed by atoms with Gasteiger partial charge >= 0.3 is 0 Å². The van der Waals surface area contributed by atoms with Crippen LogP contribution < -0.4 is 15.4 Å². The van der Waals surface area contributed by atoms with Crippen molar-refractivity contribution < 1.29 is 19.0 Å². The van der Waals surface area contributed by atoms with Crippen LogP contribution in [0.2, 0.25) is 0 Å². The highest BCUT2D eigenvalue weighted by atomic mass is 32.1. The molecule has 1 aliphatic rings. The maximum atomic E-state index is 11.3. The second-order valence-electron chi connectivity index (χ2n) is 9.79. The van der Waals surface area contributed by atoms with E-state index >= 15 is 0 Å². The first-order valence-corrected chi connectivity index (χ1v) is 12.7. The number of ether oxygens (including phenoxy) is 3. The average Bonchev–Trinajstić information content (AvgIpc) is 3.55. The van der Waals surface area contributed by atoms with Crippen molar-refractivity contribution in [2.45, 2.75) is 45.3 Å². The number of hydrogen-bond acceptors (Lipinski definition) is 10. The lowest BCUT2D eigenvalue weighted by Crippen LogP contribution is -2.29. The van der Waals surface area contributed by atoms with Crippen LogP contribution in [0.4, 0.5) is 16.8 Å². The number of nitrogens with zero attached hydrogens (tertiary/aromatic N) is 5. The topological polar surface area (TPSA) is 125 Å². The lowest BCUT2D eigenvalue weighted by atomic mass is 9.91. The minimum atomic E-state index is -0.202. The fraction of sp³-hybridized carbons (Fsp3) is 0.400. The number of anilines is 3. The summed E-state index contributed by atoms with van der Waals surface area (Å²) in [5.74, 6) is 2.00.